The van der Waals surface area contributed by atoms with E-state index in [0.717, 1.165) is 19.4 Å². The number of nitrogens with two attached hydrogens (primary N) is 2. The van der Waals surface area contributed by atoms with E-state index in [-0.39, 0.29) is 18.0 Å². The number of benzene rings is 1. The van der Waals surface area contributed by atoms with Crippen LogP contribution in [0.15, 0.2) is 35.3 Å². The average Bonchev–Trinajstić information content (AvgIpc) is 2.78. The monoisotopic (exact) mass is 231 g/mol. The summed E-state index contributed by atoms with van der Waals surface area (Å²) in [7, 11) is 0. The van der Waals surface area contributed by atoms with Crippen molar-refractivity contribution in [3.63, 3.8) is 0 Å². The van der Waals surface area contributed by atoms with Crippen LogP contribution in [0.3, 0.4) is 0 Å². The van der Waals surface area contributed by atoms with Crippen molar-refractivity contribution in [1.82, 2.24) is 4.90 Å². The second kappa shape index (κ2) is 4.86. The highest BCUT2D eigenvalue weighted by atomic mass is 15.3. The Hall–Kier alpha value is -2.04. The van der Waals surface area contributed by atoms with E-state index in [9.17, 15) is 0 Å². The number of aliphatic imine (C=N–C) groups is 1. The van der Waals surface area contributed by atoms with Crippen LogP contribution in [0.1, 0.15) is 24.4 Å². The molecule has 90 valence electrons. The third kappa shape index (κ3) is 2.55. The Morgan fingerprint density at radius 3 is 2.65 bits per heavy atom. The highest BCUT2D eigenvalue weighted by Gasteiger charge is 2.27. The van der Waals surface area contributed by atoms with Crippen molar-refractivity contribution in [2.45, 2.75) is 18.9 Å². The Bertz CT molecular complexity index is 422. The van der Waals surface area contributed by atoms with Gasteiger partial charge in [0.1, 0.15) is 0 Å². The van der Waals surface area contributed by atoms with Crippen molar-refractivity contribution in [2.24, 2.45) is 16.5 Å². The van der Waals surface area contributed by atoms with E-state index in [1.54, 1.807) is 0 Å². The first kappa shape index (κ1) is 11.4. The molecule has 0 bridgehead atoms. The van der Waals surface area contributed by atoms with Gasteiger partial charge in [-0.1, -0.05) is 30.3 Å². The van der Waals surface area contributed by atoms with Crippen LogP contribution in [0.2, 0.25) is 0 Å². The lowest BCUT2D eigenvalue weighted by molar-refractivity contribution is 0.394. The molecule has 1 aromatic rings. The zero-order chi connectivity index (χ0) is 12.3. The fourth-order valence-corrected chi connectivity index (χ4v) is 2.23. The van der Waals surface area contributed by atoms with Gasteiger partial charge in [-0.2, -0.15) is 4.99 Å². The van der Waals surface area contributed by atoms with Crippen LogP contribution in [0.4, 0.5) is 0 Å². The SMILES string of the molecule is N=C(N=C(N)N)N1CCCC1c1ccccc1. The number of guanidine groups is 2. The summed E-state index contributed by atoms with van der Waals surface area (Å²) in [6.07, 6.45) is 2.09. The standard InChI is InChI=1S/C12H17N5/c13-11(14)16-12(15)17-8-4-7-10(17)9-5-2-1-3-6-9/h1-3,5-6,10H,4,7-8H2,(H5,13,14,15,16). The zero-order valence-electron chi connectivity index (χ0n) is 9.63. The molecule has 5 nitrogen and oxygen atoms in total. The number of hydrogen-bond donors (Lipinski definition) is 3. The van der Waals surface area contributed by atoms with E-state index >= 15 is 0 Å². The fourth-order valence-electron chi connectivity index (χ4n) is 2.23. The first-order chi connectivity index (χ1) is 8.18. The van der Waals surface area contributed by atoms with E-state index in [2.05, 4.69) is 17.1 Å². The van der Waals surface area contributed by atoms with Gasteiger partial charge in [-0.25, -0.2) is 0 Å². The molecule has 0 amide bonds. The molecule has 1 saturated heterocycles. The molecule has 1 unspecified atom stereocenters. The third-order valence-corrected chi connectivity index (χ3v) is 2.94. The van der Waals surface area contributed by atoms with Gasteiger partial charge >= 0.3 is 0 Å². The van der Waals surface area contributed by atoms with Gasteiger partial charge in [-0.3, -0.25) is 5.41 Å². The molecule has 1 heterocycles. The smallest absolute Gasteiger partial charge is 0.221 e. The molecule has 5 N–H and O–H groups in total. The summed E-state index contributed by atoms with van der Waals surface area (Å²) in [4.78, 5) is 5.76. The molecule has 2 rings (SSSR count). The maximum atomic E-state index is 7.87. The van der Waals surface area contributed by atoms with Gasteiger partial charge in [-0.05, 0) is 18.4 Å². The van der Waals surface area contributed by atoms with Gasteiger partial charge in [0.05, 0.1) is 6.04 Å². The van der Waals surface area contributed by atoms with Crippen molar-refractivity contribution < 1.29 is 0 Å². The molecule has 1 aliphatic heterocycles. The van der Waals surface area contributed by atoms with Gasteiger partial charge in [0.25, 0.3) is 0 Å². The molecule has 5 heteroatoms. The van der Waals surface area contributed by atoms with Crippen LogP contribution in [0, 0.1) is 5.41 Å². The third-order valence-electron chi connectivity index (χ3n) is 2.94. The lowest BCUT2D eigenvalue weighted by Gasteiger charge is -2.25. The van der Waals surface area contributed by atoms with E-state index in [1.807, 2.05) is 23.1 Å². The van der Waals surface area contributed by atoms with Crippen molar-refractivity contribution in [3.05, 3.63) is 35.9 Å². The Labute approximate surface area is 101 Å². The van der Waals surface area contributed by atoms with Gasteiger partial charge in [0.2, 0.25) is 5.96 Å². The van der Waals surface area contributed by atoms with Gasteiger partial charge in [-0.15, -0.1) is 0 Å². The second-order valence-electron chi connectivity index (χ2n) is 4.12. The first-order valence-electron chi connectivity index (χ1n) is 5.68. The summed E-state index contributed by atoms with van der Waals surface area (Å²) in [6.45, 7) is 0.829. The zero-order valence-corrected chi connectivity index (χ0v) is 9.63. The summed E-state index contributed by atoms with van der Waals surface area (Å²) in [5, 5.41) is 7.87. The normalized spacial score (nSPS) is 19.1. The van der Waals surface area contributed by atoms with Gasteiger partial charge < -0.3 is 16.4 Å². The highest BCUT2D eigenvalue weighted by Crippen LogP contribution is 2.31. The van der Waals surface area contributed by atoms with E-state index in [4.69, 9.17) is 16.9 Å². The maximum absolute atomic E-state index is 7.87. The molecule has 0 radical (unpaired) electrons. The first-order valence-corrected chi connectivity index (χ1v) is 5.68. The van der Waals surface area contributed by atoms with Crippen LogP contribution >= 0.6 is 0 Å². The Morgan fingerprint density at radius 2 is 2.00 bits per heavy atom. The Morgan fingerprint density at radius 1 is 1.29 bits per heavy atom. The second-order valence-corrected chi connectivity index (χ2v) is 4.12. The summed E-state index contributed by atoms with van der Waals surface area (Å²) in [5.74, 6) is 0.0880. The van der Waals surface area contributed by atoms with Crippen LogP contribution in [-0.4, -0.2) is 23.4 Å². The van der Waals surface area contributed by atoms with Crippen molar-refractivity contribution in [3.8, 4) is 0 Å². The van der Waals surface area contributed by atoms with E-state index in [1.165, 1.54) is 5.56 Å². The topological polar surface area (TPSA) is 91.5 Å². The predicted octanol–water partition coefficient (Wildman–Crippen LogP) is 1.03. The molecular formula is C12H17N5. The quantitative estimate of drug-likeness (QED) is 0.498. The van der Waals surface area contributed by atoms with E-state index < -0.39 is 0 Å². The molecule has 0 saturated carbocycles. The summed E-state index contributed by atoms with van der Waals surface area (Å²) >= 11 is 0. The van der Waals surface area contributed by atoms with Gasteiger partial charge in [0.15, 0.2) is 5.96 Å². The van der Waals surface area contributed by atoms with Crippen molar-refractivity contribution >= 4 is 11.9 Å². The minimum absolute atomic E-state index is 0.0614. The van der Waals surface area contributed by atoms with Crippen LogP contribution < -0.4 is 11.5 Å². The fraction of sp³-hybridized carbons (Fsp3) is 0.333. The minimum atomic E-state index is -0.0614. The number of hydrogen-bond acceptors (Lipinski definition) is 1. The van der Waals surface area contributed by atoms with Crippen molar-refractivity contribution in [1.29, 1.82) is 5.41 Å². The number of likely N-dealkylation sites (tertiary alicyclic amines) is 1. The Kier molecular flexibility index (Phi) is 3.27. The number of nitrogens with zero attached hydrogens (tertiary/aromatic N) is 2. The van der Waals surface area contributed by atoms with Crippen LogP contribution in [0.5, 0.6) is 0 Å². The lowest BCUT2D eigenvalue weighted by Crippen LogP contribution is -2.32. The highest BCUT2D eigenvalue weighted by molar-refractivity contribution is 5.92. The predicted molar refractivity (Wildman–Crippen MR) is 68.7 cm³/mol. The maximum Gasteiger partial charge on any atom is 0.221 e. The molecule has 0 aliphatic carbocycles. The lowest BCUT2D eigenvalue weighted by atomic mass is 10.1. The molecule has 0 aromatic heterocycles. The number of rotatable bonds is 1. The molecule has 0 spiro atoms. The largest absolute Gasteiger partial charge is 0.370 e. The minimum Gasteiger partial charge on any atom is -0.370 e. The Balaban J connectivity index is 2.18. The summed E-state index contributed by atoms with van der Waals surface area (Å²) in [6, 6.07) is 10.4. The molecule has 1 atom stereocenters. The van der Waals surface area contributed by atoms with Crippen LogP contribution in [-0.2, 0) is 0 Å². The number of nitrogens with one attached hydrogen (secondary N) is 1. The van der Waals surface area contributed by atoms with Crippen LogP contribution in [0.25, 0.3) is 0 Å². The molecule has 17 heavy (non-hydrogen) atoms. The van der Waals surface area contributed by atoms with Gasteiger partial charge in [0, 0.05) is 6.54 Å². The molecule has 1 aromatic carbocycles. The van der Waals surface area contributed by atoms with E-state index in [0.29, 0.717) is 0 Å². The average molecular weight is 231 g/mol. The van der Waals surface area contributed by atoms with Crippen molar-refractivity contribution in [2.75, 3.05) is 6.54 Å². The summed E-state index contributed by atoms with van der Waals surface area (Å²) in [5.41, 5.74) is 11.8. The summed E-state index contributed by atoms with van der Waals surface area (Å²) < 4.78 is 0. The molecular weight excluding hydrogens is 214 g/mol. The molecule has 1 fully saturated rings. The molecule has 1 aliphatic rings.